The van der Waals surface area contributed by atoms with E-state index in [1.54, 1.807) is 11.8 Å². The van der Waals surface area contributed by atoms with Crippen LogP contribution < -0.4 is 14.8 Å². The molecule has 8 rings (SSSR count). The number of piperazine rings is 3. The van der Waals surface area contributed by atoms with E-state index >= 15 is 0 Å². The van der Waals surface area contributed by atoms with Gasteiger partial charge in [0.05, 0.1) is 29.1 Å². The first-order chi connectivity index (χ1) is 21.6. The average molecular weight is 651 g/mol. The van der Waals surface area contributed by atoms with Gasteiger partial charge >= 0.3 is 0 Å². The minimum absolute atomic E-state index is 0.0828. The summed E-state index contributed by atoms with van der Waals surface area (Å²) >= 11 is 3.19. The highest BCUT2D eigenvalue weighted by atomic mass is 32.2. The maximum Gasteiger partial charge on any atom is 0.250 e. The molecule has 1 N–H and O–H groups in total. The summed E-state index contributed by atoms with van der Waals surface area (Å²) in [5.74, 6) is -2.75. The third kappa shape index (κ3) is 5.05. The number of hydrogen-bond acceptors (Lipinski definition) is 6. The van der Waals surface area contributed by atoms with Gasteiger partial charge in [-0.1, -0.05) is 55.1 Å². The molecule has 7 heterocycles. The number of nitrogens with zero attached hydrogens (tertiary/aromatic N) is 5. The van der Waals surface area contributed by atoms with Crippen molar-refractivity contribution in [2.24, 2.45) is 11.8 Å². The number of aromatic nitrogens is 2. The number of imidazole rings is 1. The number of thioether (sulfide) groups is 1. The van der Waals surface area contributed by atoms with Gasteiger partial charge in [-0.2, -0.15) is 4.40 Å². The number of fused-ring (bicyclic) bond motifs is 5. The van der Waals surface area contributed by atoms with Gasteiger partial charge in [0.2, 0.25) is 15.8 Å². The van der Waals surface area contributed by atoms with Gasteiger partial charge in [-0.3, -0.25) is 4.79 Å². The molecule has 5 aliphatic rings. The number of carbonyl (C=O) groups excluding carboxylic acids is 2. The Morgan fingerprint density at radius 2 is 1.87 bits per heavy atom. The Morgan fingerprint density at radius 3 is 2.51 bits per heavy atom. The molecule has 4 atom stereocenters. The van der Waals surface area contributed by atoms with E-state index in [-0.39, 0.29) is 11.6 Å². The lowest BCUT2D eigenvalue weighted by Crippen LogP contribution is -2.74. The van der Waals surface area contributed by atoms with Crippen LogP contribution in [0.25, 0.3) is 16.1 Å². The molecule has 5 aliphatic heterocycles. The van der Waals surface area contributed by atoms with Crippen LogP contribution in [0, 0.1) is 11.8 Å². The molecule has 45 heavy (non-hydrogen) atoms. The third-order valence-electron chi connectivity index (χ3n) is 11.0. The van der Waals surface area contributed by atoms with Crippen LogP contribution in [-0.4, -0.2) is 101 Å². The van der Waals surface area contributed by atoms with Gasteiger partial charge in [-0.25, -0.2) is 4.57 Å². The molecular formula is C33H42N6O4S2. The molecule has 0 radical (unpaired) electrons. The summed E-state index contributed by atoms with van der Waals surface area (Å²) in [7, 11) is 0. The van der Waals surface area contributed by atoms with E-state index in [2.05, 4.69) is 45.8 Å². The zero-order chi connectivity index (χ0) is 31.7. The van der Waals surface area contributed by atoms with E-state index in [9.17, 15) is 19.8 Å². The quantitative estimate of drug-likeness (QED) is 0.135. The first-order valence-electron chi connectivity index (χ1n) is 16.0. The van der Waals surface area contributed by atoms with Crippen LogP contribution in [0.1, 0.15) is 36.3 Å². The van der Waals surface area contributed by atoms with Crippen LogP contribution in [0.5, 0.6) is 0 Å². The van der Waals surface area contributed by atoms with Crippen molar-refractivity contribution in [2.75, 3.05) is 58.6 Å². The molecule has 10 nitrogen and oxygen atoms in total. The van der Waals surface area contributed by atoms with Crippen molar-refractivity contribution in [3.63, 3.8) is 0 Å². The fraction of sp³-hybridized carbons (Fsp3) is 0.545. The molecule has 0 spiro atoms. The van der Waals surface area contributed by atoms with Gasteiger partial charge in [-0.15, -0.1) is 12.6 Å². The van der Waals surface area contributed by atoms with Crippen LogP contribution >= 0.6 is 23.1 Å². The molecule has 4 fully saturated rings. The number of amides is 1. The Hall–Kier alpha value is -2.74. The predicted octanol–water partition coefficient (Wildman–Crippen LogP) is 1.35. The number of aliphatic carboxylic acids is 1. The molecule has 0 unspecified atom stereocenters. The van der Waals surface area contributed by atoms with Crippen molar-refractivity contribution in [3.8, 4) is 0 Å². The lowest BCUT2D eigenvalue weighted by Gasteiger charge is -2.55. The standard InChI is InChI=1S/C33H42N6O4S2/c1-21-26(29(33(42)43)37-28(21)27(22(2)40)30(37)41)25-18-36-20-35(31(44-3)32(36)45-25)17-23-6-4-7-24(16-23)19-39-13-10-38(11-14-39,12-15-39)9-5-8-34/h4,6-7,16,18,20-22,27-28,34H,5,8-15,17,19H2,1-3H3/t21-,22+,27+,28+,38?,39?/m0/s1. The number of hydrogen-bond donors (Lipinski definition) is 0. The van der Waals surface area contributed by atoms with Crippen molar-refractivity contribution >= 4 is 45.4 Å². The fourth-order valence-electron chi connectivity index (χ4n) is 8.59. The minimum Gasteiger partial charge on any atom is -0.852 e. The second-order valence-electron chi connectivity index (χ2n) is 13.7. The van der Waals surface area contributed by atoms with E-state index < -0.39 is 29.9 Å². The average Bonchev–Trinajstić information content (AvgIpc) is 3.64. The Bertz CT molecular complexity index is 1670. The first kappa shape index (κ1) is 30.9. The summed E-state index contributed by atoms with van der Waals surface area (Å²) in [6.07, 6.45) is 6.01. The fourth-order valence-corrected chi connectivity index (χ4v) is 10.8. The number of quaternary nitrogens is 2. The second-order valence-corrected chi connectivity index (χ2v) is 15.5. The molecule has 1 amide bonds. The Morgan fingerprint density at radius 1 is 1.18 bits per heavy atom. The molecule has 0 saturated carbocycles. The number of benzene rings is 1. The number of thiazole rings is 1. The van der Waals surface area contributed by atoms with Crippen molar-refractivity contribution in [1.82, 2.24) is 9.30 Å². The van der Waals surface area contributed by atoms with E-state index in [1.807, 2.05) is 13.1 Å². The lowest BCUT2D eigenvalue weighted by molar-refractivity contribution is -1.09. The van der Waals surface area contributed by atoms with Crippen molar-refractivity contribution in [1.29, 1.82) is 0 Å². The molecular weight excluding hydrogens is 609 g/mol. The molecule has 4 saturated heterocycles. The van der Waals surface area contributed by atoms with Gasteiger partial charge < -0.3 is 34.6 Å². The predicted molar refractivity (Wildman–Crippen MR) is 170 cm³/mol. The van der Waals surface area contributed by atoms with Crippen LogP contribution in [0.3, 0.4) is 0 Å². The van der Waals surface area contributed by atoms with E-state index in [0.29, 0.717) is 12.1 Å². The zero-order valence-electron chi connectivity index (χ0n) is 26.2. The minimum atomic E-state index is -1.37. The number of carbonyl (C=O) groups is 2. The zero-order valence-corrected chi connectivity index (χ0v) is 27.9. The molecule has 12 heteroatoms. The molecule has 2 aromatic heterocycles. The molecule has 3 aromatic rings. The topological polar surface area (TPSA) is 116 Å². The van der Waals surface area contributed by atoms with Crippen molar-refractivity contribution in [3.05, 3.63) is 64.2 Å². The summed E-state index contributed by atoms with van der Waals surface area (Å²) in [5, 5.41) is 25.6. The SMILES string of the molecule is CSc1c2sc(C3=C(C(=O)[O-])N4C(=O)[C@H]([C@@H](C)[O-])[C@H]4[C@H]3C)cn2c[n+]1Cc1cccc(C[N+]23CC[N+](CCC[NH-])(CC2)CC3)c1. The summed E-state index contributed by atoms with van der Waals surface area (Å²) in [5.41, 5.74) is 10.7. The number of carboxylic acid groups (broad SMARTS) is 1. The van der Waals surface area contributed by atoms with Gasteiger partial charge in [0, 0.05) is 23.0 Å². The lowest BCUT2D eigenvalue weighted by atomic mass is 9.77. The van der Waals surface area contributed by atoms with Crippen LogP contribution in [0.4, 0.5) is 0 Å². The Balaban J connectivity index is 1.11. The van der Waals surface area contributed by atoms with Gasteiger partial charge in [0.1, 0.15) is 58.6 Å². The monoisotopic (exact) mass is 650 g/mol. The largest absolute Gasteiger partial charge is 0.852 e. The van der Waals surface area contributed by atoms with E-state index in [0.717, 1.165) is 34.2 Å². The van der Waals surface area contributed by atoms with Crippen LogP contribution in [0.2, 0.25) is 0 Å². The summed E-state index contributed by atoms with van der Waals surface area (Å²) in [4.78, 5) is 28.1. The van der Waals surface area contributed by atoms with E-state index in [1.165, 1.54) is 89.1 Å². The Kier molecular flexibility index (Phi) is 7.89. The van der Waals surface area contributed by atoms with Gasteiger partial charge in [0.25, 0.3) is 6.33 Å². The maximum atomic E-state index is 12.8. The smallest absolute Gasteiger partial charge is 0.250 e. The number of β-lactam (4-membered cyclic amide) rings is 1. The molecule has 1 aromatic carbocycles. The van der Waals surface area contributed by atoms with Crippen LogP contribution in [0.15, 0.2) is 47.5 Å². The number of rotatable bonds is 11. The highest BCUT2D eigenvalue weighted by Crippen LogP contribution is 2.51. The summed E-state index contributed by atoms with van der Waals surface area (Å²) in [6.45, 7) is 14.3. The number of carboxylic acids is 1. The summed E-state index contributed by atoms with van der Waals surface area (Å²) in [6, 6.07) is 8.57. The number of nitrogens with one attached hydrogen (secondary N) is 1. The Labute approximate surface area is 272 Å². The molecule has 0 aliphatic carbocycles. The highest BCUT2D eigenvalue weighted by Gasteiger charge is 2.57. The van der Waals surface area contributed by atoms with Gasteiger partial charge in [0.15, 0.2) is 0 Å². The van der Waals surface area contributed by atoms with Crippen LogP contribution in [-0.2, 0) is 22.7 Å². The van der Waals surface area contributed by atoms with Crippen molar-refractivity contribution < 1.29 is 33.3 Å². The van der Waals surface area contributed by atoms with E-state index in [4.69, 9.17) is 5.73 Å². The first-order valence-corrected chi connectivity index (χ1v) is 18.1. The summed E-state index contributed by atoms with van der Waals surface area (Å²) < 4.78 is 6.71. The molecule has 2 bridgehead atoms. The molecule has 240 valence electrons. The normalized spacial score (nSPS) is 29.8. The second kappa shape index (κ2) is 11.5. The van der Waals surface area contributed by atoms with Crippen molar-refractivity contribution in [2.45, 2.75) is 50.5 Å². The maximum absolute atomic E-state index is 12.8. The highest BCUT2D eigenvalue weighted by molar-refractivity contribution is 7.98. The third-order valence-corrected chi connectivity index (χ3v) is 13.1. The van der Waals surface area contributed by atoms with Gasteiger partial charge in [-0.05, 0) is 24.3 Å².